The van der Waals surface area contributed by atoms with Crippen LogP contribution in [0.15, 0.2) is 18.2 Å². The standard InChI is InChI=1S/C10H11ClN2O2/c1-6(14)5-13-10(15)8-4-7(12)2-3-9(8)11/h2-4H,5,12H2,1H3,(H,13,15). The van der Waals surface area contributed by atoms with E-state index in [1.54, 1.807) is 12.1 Å². The number of hydrogen-bond acceptors (Lipinski definition) is 3. The summed E-state index contributed by atoms with van der Waals surface area (Å²) in [6, 6.07) is 4.61. The van der Waals surface area contributed by atoms with E-state index in [-0.39, 0.29) is 17.9 Å². The maximum atomic E-state index is 11.5. The number of nitrogen functional groups attached to an aromatic ring is 1. The molecule has 0 radical (unpaired) electrons. The lowest BCUT2D eigenvalue weighted by molar-refractivity contribution is -0.116. The number of hydrogen-bond donors (Lipinski definition) is 2. The normalized spacial score (nSPS) is 9.73. The molecule has 5 heteroatoms. The summed E-state index contributed by atoms with van der Waals surface area (Å²) < 4.78 is 0. The molecule has 0 aliphatic carbocycles. The van der Waals surface area contributed by atoms with E-state index in [2.05, 4.69) is 5.32 Å². The lowest BCUT2D eigenvalue weighted by Gasteiger charge is -2.05. The largest absolute Gasteiger partial charge is 0.399 e. The Labute approximate surface area is 92.4 Å². The van der Waals surface area contributed by atoms with Crippen molar-refractivity contribution >= 4 is 29.0 Å². The van der Waals surface area contributed by atoms with Crippen LogP contribution in [0.25, 0.3) is 0 Å². The van der Waals surface area contributed by atoms with Gasteiger partial charge in [0.05, 0.1) is 17.1 Å². The Balaban J connectivity index is 2.81. The number of rotatable bonds is 3. The SMILES string of the molecule is CC(=O)CNC(=O)c1cc(N)ccc1Cl. The molecule has 0 spiro atoms. The zero-order valence-corrected chi connectivity index (χ0v) is 8.97. The number of ketones is 1. The summed E-state index contributed by atoms with van der Waals surface area (Å²) in [6.07, 6.45) is 0. The average Bonchev–Trinajstić information content (AvgIpc) is 2.18. The average molecular weight is 227 g/mol. The van der Waals surface area contributed by atoms with Crippen LogP contribution in [0.2, 0.25) is 5.02 Å². The lowest BCUT2D eigenvalue weighted by atomic mass is 10.2. The predicted octanol–water partition coefficient (Wildman–Crippen LogP) is 1.24. The summed E-state index contributed by atoms with van der Waals surface area (Å²) in [5, 5.41) is 2.75. The van der Waals surface area contributed by atoms with E-state index in [0.29, 0.717) is 10.7 Å². The van der Waals surface area contributed by atoms with Crippen LogP contribution >= 0.6 is 11.6 Å². The molecule has 0 saturated heterocycles. The van der Waals surface area contributed by atoms with Gasteiger partial charge in [-0.1, -0.05) is 11.6 Å². The molecule has 0 unspecified atom stereocenters. The van der Waals surface area contributed by atoms with Gasteiger partial charge >= 0.3 is 0 Å². The molecule has 1 amide bonds. The van der Waals surface area contributed by atoms with E-state index in [1.807, 2.05) is 0 Å². The van der Waals surface area contributed by atoms with Gasteiger partial charge in [0.2, 0.25) is 0 Å². The number of halogens is 1. The smallest absolute Gasteiger partial charge is 0.253 e. The molecular formula is C10H11ClN2O2. The molecule has 1 aromatic rings. The number of Topliss-reactive ketones (excluding diaryl/α,β-unsaturated/α-hetero) is 1. The molecule has 15 heavy (non-hydrogen) atoms. The predicted molar refractivity (Wildman–Crippen MR) is 58.9 cm³/mol. The molecular weight excluding hydrogens is 216 g/mol. The van der Waals surface area contributed by atoms with Gasteiger partial charge in [-0.25, -0.2) is 0 Å². The Hall–Kier alpha value is -1.55. The number of benzene rings is 1. The molecule has 1 aromatic carbocycles. The topological polar surface area (TPSA) is 72.2 Å². The lowest BCUT2D eigenvalue weighted by Crippen LogP contribution is -2.28. The molecule has 3 N–H and O–H groups in total. The minimum Gasteiger partial charge on any atom is -0.399 e. The molecule has 4 nitrogen and oxygen atoms in total. The van der Waals surface area contributed by atoms with Crippen LogP contribution in [0.3, 0.4) is 0 Å². The Kier molecular flexibility index (Phi) is 3.68. The van der Waals surface area contributed by atoms with E-state index < -0.39 is 5.91 Å². The van der Waals surface area contributed by atoms with E-state index in [1.165, 1.54) is 13.0 Å². The van der Waals surface area contributed by atoms with Crippen LogP contribution in [0.1, 0.15) is 17.3 Å². The van der Waals surface area contributed by atoms with Crippen molar-refractivity contribution in [3.63, 3.8) is 0 Å². The molecule has 0 saturated carbocycles. The van der Waals surface area contributed by atoms with Crippen molar-refractivity contribution < 1.29 is 9.59 Å². The minimum atomic E-state index is -0.400. The van der Waals surface area contributed by atoms with Gasteiger partial charge in [0.15, 0.2) is 0 Å². The molecule has 0 bridgehead atoms. The fourth-order valence-electron chi connectivity index (χ4n) is 1.02. The van der Waals surface area contributed by atoms with Gasteiger partial charge in [-0.2, -0.15) is 0 Å². The first-order chi connectivity index (χ1) is 7.00. The third-order valence-electron chi connectivity index (χ3n) is 1.73. The van der Waals surface area contributed by atoms with Gasteiger partial charge < -0.3 is 11.1 Å². The molecule has 0 heterocycles. The number of carbonyl (C=O) groups excluding carboxylic acids is 2. The highest BCUT2D eigenvalue weighted by molar-refractivity contribution is 6.34. The Morgan fingerprint density at radius 1 is 1.47 bits per heavy atom. The first kappa shape index (κ1) is 11.5. The summed E-state index contributed by atoms with van der Waals surface area (Å²) >= 11 is 5.81. The third-order valence-corrected chi connectivity index (χ3v) is 2.06. The molecule has 0 fully saturated rings. The van der Waals surface area contributed by atoms with Crippen LogP contribution in [-0.4, -0.2) is 18.2 Å². The molecule has 1 rings (SSSR count). The monoisotopic (exact) mass is 226 g/mol. The third kappa shape index (κ3) is 3.25. The maximum Gasteiger partial charge on any atom is 0.253 e. The van der Waals surface area contributed by atoms with Crippen LogP contribution in [-0.2, 0) is 4.79 Å². The van der Waals surface area contributed by atoms with Crippen molar-refractivity contribution in [3.8, 4) is 0 Å². The van der Waals surface area contributed by atoms with Crippen LogP contribution in [0, 0.1) is 0 Å². The zero-order chi connectivity index (χ0) is 11.4. The van der Waals surface area contributed by atoms with Crippen molar-refractivity contribution in [1.29, 1.82) is 0 Å². The quantitative estimate of drug-likeness (QED) is 0.762. The Bertz CT molecular complexity index is 404. The van der Waals surface area contributed by atoms with Crippen molar-refractivity contribution in [2.24, 2.45) is 0 Å². The molecule has 0 aliphatic heterocycles. The van der Waals surface area contributed by atoms with Gasteiger partial charge in [0, 0.05) is 5.69 Å². The van der Waals surface area contributed by atoms with Gasteiger partial charge in [-0.15, -0.1) is 0 Å². The Morgan fingerprint density at radius 3 is 2.73 bits per heavy atom. The fourth-order valence-corrected chi connectivity index (χ4v) is 1.22. The van der Waals surface area contributed by atoms with Crippen molar-refractivity contribution in [1.82, 2.24) is 5.32 Å². The number of nitrogens with two attached hydrogens (primary N) is 1. The van der Waals surface area contributed by atoms with Crippen molar-refractivity contribution in [2.45, 2.75) is 6.92 Å². The van der Waals surface area contributed by atoms with Gasteiger partial charge in [-0.3, -0.25) is 9.59 Å². The summed E-state index contributed by atoms with van der Waals surface area (Å²) in [4.78, 5) is 22.2. The van der Waals surface area contributed by atoms with Gasteiger partial charge in [-0.05, 0) is 25.1 Å². The van der Waals surface area contributed by atoms with E-state index >= 15 is 0 Å². The van der Waals surface area contributed by atoms with Gasteiger partial charge in [0.1, 0.15) is 5.78 Å². The molecule has 0 aliphatic rings. The first-order valence-electron chi connectivity index (χ1n) is 4.33. The zero-order valence-electron chi connectivity index (χ0n) is 8.21. The van der Waals surface area contributed by atoms with E-state index in [9.17, 15) is 9.59 Å². The highest BCUT2D eigenvalue weighted by Gasteiger charge is 2.10. The number of nitrogens with one attached hydrogen (secondary N) is 1. The molecule has 0 aromatic heterocycles. The van der Waals surface area contributed by atoms with Crippen molar-refractivity contribution in [2.75, 3.05) is 12.3 Å². The van der Waals surface area contributed by atoms with E-state index in [0.717, 1.165) is 0 Å². The first-order valence-corrected chi connectivity index (χ1v) is 4.71. The summed E-state index contributed by atoms with van der Waals surface area (Å²) in [5.41, 5.74) is 6.24. The number of anilines is 1. The Morgan fingerprint density at radius 2 is 2.13 bits per heavy atom. The van der Waals surface area contributed by atoms with Crippen LogP contribution in [0.4, 0.5) is 5.69 Å². The summed E-state index contributed by atoms with van der Waals surface area (Å²) in [7, 11) is 0. The van der Waals surface area contributed by atoms with Crippen LogP contribution in [0.5, 0.6) is 0 Å². The number of carbonyl (C=O) groups is 2. The number of amides is 1. The molecule has 0 atom stereocenters. The second kappa shape index (κ2) is 4.79. The van der Waals surface area contributed by atoms with E-state index in [4.69, 9.17) is 17.3 Å². The van der Waals surface area contributed by atoms with Gasteiger partial charge in [0.25, 0.3) is 5.91 Å². The minimum absolute atomic E-state index is 0.00996. The second-order valence-corrected chi connectivity index (χ2v) is 3.53. The summed E-state index contributed by atoms with van der Waals surface area (Å²) in [6.45, 7) is 1.38. The fraction of sp³-hybridized carbons (Fsp3) is 0.200. The second-order valence-electron chi connectivity index (χ2n) is 3.12. The summed E-state index contributed by atoms with van der Waals surface area (Å²) in [5.74, 6) is -0.522. The highest BCUT2D eigenvalue weighted by Crippen LogP contribution is 2.18. The molecule has 80 valence electrons. The highest BCUT2D eigenvalue weighted by atomic mass is 35.5. The van der Waals surface area contributed by atoms with Crippen molar-refractivity contribution in [3.05, 3.63) is 28.8 Å². The maximum absolute atomic E-state index is 11.5. The van der Waals surface area contributed by atoms with Crippen LogP contribution < -0.4 is 11.1 Å².